The Kier molecular flexibility index (Phi) is 6.64. The van der Waals surface area contributed by atoms with Crippen molar-refractivity contribution >= 4 is 17.5 Å². The predicted molar refractivity (Wildman–Crippen MR) is 110 cm³/mol. The number of benzene rings is 1. The number of halogens is 4. The molecule has 1 aromatic heterocycles. The lowest BCUT2D eigenvalue weighted by Crippen LogP contribution is -2.41. The lowest BCUT2D eigenvalue weighted by atomic mass is 9.90. The number of alkyl halides is 3. The summed E-state index contributed by atoms with van der Waals surface area (Å²) in [5.41, 5.74) is 1.61. The third-order valence-electron chi connectivity index (χ3n) is 5.57. The van der Waals surface area contributed by atoms with Crippen molar-refractivity contribution in [2.24, 2.45) is 0 Å². The second-order valence-corrected chi connectivity index (χ2v) is 8.54. The zero-order valence-corrected chi connectivity index (χ0v) is 18.1. The number of nitrogens with one attached hydrogen (secondary N) is 1. The van der Waals surface area contributed by atoms with Crippen LogP contribution in [0.5, 0.6) is 5.75 Å². The largest absolute Gasteiger partial charge is 0.522 e. The molecule has 1 saturated carbocycles. The van der Waals surface area contributed by atoms with Crippen LogP contribution in [0.2, 0.25) is 5.02 Å². The van der Waals surface area contributed by atoms with Crippen LogP contribution >= 0.6 is 11.6 Å². The van der Waals surface area contributed by atoms with Crippen LogP contribution < -0.4 is 10.1 Å². The molecule has 1 amide bonds. The number of rotatable bonds is 7. The fourth-order valence-corrected chi connectivity index (χ4v) is 3.97. The number of ether oxygens (including phenoxy) is 2. The lowest BCUT2D eigenvalue weighted by Gasteiger charge is -2.34. The second kappa shape index (κ2) is 9.32. The van der Waals surface area contributed by atoms with Gasteiger partial charge in [0.2, 0.25) is 0 Å². The minimum Gasteiger partial charge on any atom is -0.480 e. The number of fused-ring (bicyclic) bond motifs is 1. The van der Waals surface area contributed by atoms with E-state index in [0.29, 0.717) is 40.6 Å². The molecular weight excluding hydrogens is 465 g/mol. The smallest absolute Gasteiger partial charge is 0.480 e. The van der Waals surface area contributed by atoms with E-state index in [4.69, 9.17) is 16.3 Å². The summed E-state index contributed by atoms with van der Waals surface area (Å²) in [5, 5.41) is 21.9. The van der Waals surface area contributed by atoms with Crippen molar-refractivity contribution in [1.29, 1.82) is 0 Å². The van der Waals surface area contributed by atoms with E-state index in [1.165, 1.54) is 11.0 Å². The molecule has 0 saturated heterocycles. The molecule has 8 nitrogen and oxygen atoms in total. The number of carbonyl (C=O) groups excluding carboxylic acids is 1. The predicted octanol–water partition coefficient (Wildman–Crippen LogP) is 3.62. The monoisotopic (exact) mass is 486 g/mol. The molecule has 33 heavy (non-hydrogen) atoms. The second-order valence-electron chi connectivity index (χ2n) is 8.10. The van der Waals surface area contributed by atoms with Gasteiger partial charge in [-0.25, -0.2) is 0 Å². The Bertz CT molecular complexity index is 1040. The third-order valence-corrected chi connectivity index (χ3v) is 5.80. The molecule has 4 rings (SSSR count). The number of amides is 1. The van der Waals surface area contributed by atoms with Crippen molar-refractivity contribution in [3.8, 4) is 5.75 Å². The van der Waals surface area contributed by atoms with Gasteiger partial charge in [-0.3, -0.25) is 9.53 Å². The fraction of sp³-hybridized carbons (Fsp3) is 0.476. The molecule has 0 bridgehead atoms. The van der Waals surface area contributed by atoms with E-state index in [1.54, 1.807) is 18.2 Å². The molecule has 1 fully saturated rings. The summed E-state index contributed by atoms with van der Waals surface area (Å²) >= 11 is 5.94. The van der Waals surface area contributed by atoms with Crippen LogP contribution in [0.25, 0.3) is 0 Å². The van der Waals surface area contributed by atoms with Crippen molar-refractivity contribution in [2.75, 3.05) is 0 Å². The maximum absolute atomic E-state index is 12.6. The molecule has 0 unspecified atom stereocenters. The first-order chi connectivity index (χ1) is 15.6. The fourth-order valence-electron chi connectivity index (χ4n) is 3.79. The minimum atomic E-state index is -4.64. The average Bonchev–Trinajstić information content (AvgIpc) is 3.17. The third kappa shape index (κ3) is 5.84. The van der Waals surface area contributed by atoms with Gasteiger partial charge in [0.15, 0.2) is 6.10 Å². The number of aromatic nitrogens is 3. The van der Waals surface area contributed by atoms with E-state index >= 15 is 0 Å². The molecule has 12 heteroatoms. The highest BCUT2D eigenvalue weighted by atomic mass is 35.5. The highest BCUT2D eigenvalue weighted by Crippen LogP contribution is 2.38. The van der Waals surface area contributed by atoms with E-state index in [2.05, 4.69) is 26.8 Å². The molecule has 1 aliphatic heterocycles. The van der Waals surface area contributed by atoms with Crippen molar-refractivity contribution in [2.45, 2.75) is 62.8 Å². The number of carbonyl (C=O) groups is 1. The molecule has 0 radical (unpaired) electrons. The normalized spacial score (nSPS) is 24.4. The van der Waals surface area contributed by atoms with Gasteiger partial charge in [-0.2, -0.15) is 15.0 Å². The average molecular weight is 487 g/mol. The minimum absolute atomic E-state index is 0.0845. The highest BCUT2D eigenvalue weighted by Gasteiger charge is 2.41. The van der Waals surface area contributed by atoms with Gasteiger partial charge in [-0.1, -0.05) is 18.2 Å². The highest BCUT2D eigenvalue weighted by molar-refractivity contribution is 6.30. The SMILES string of the molecule is C=C(CCc1cnn(C2CC(OC(F)(F)F)C2)n1)NC(=O)[C@H]1C[C@@H](O)c2cc(Cl)ccc2O1. The first kappa shape index (κ1) is 23.5. The number of aryl methyl sites for hydroxylation is 1. The lowest BCUT2D eigenvalue weighted by molar-refractivity contribution is -0.353. The van der Waals surface area contributed by atoms with Crippen LogP contribution in [0, 0.1) is 0 Å². The van der Waals surface area contributed by atoms with Gasteiger partial charge in [0.05, 0.1) is 30.1 Å². The van der Waals surface area contributed by atoms with Gasteiger partial charge in [0, 0.05) is 22.7 Å². The number of nitrogens with zero attached hydrogens (tertiary/aromatic N) is 3. The van der Waals surface area contributed by atoms with Gasteiger partial charge < -0.3 is 15.2 Å². The number of aliphatic hydroxyl groups is 1. The number of hydrogen-bond donors (Lipinski definition) is 2. The van der Waals surface area contributed by atoms with Crippen LogP contribution in [0.3, 0.4) is 0 Å². The van der Waals surface area contributed by atoms with Crippen molar-refractivity contribution in [1.82, 2.24) is 20.3 Å². The maximum atomic E-state index is 12.6. The van der Waals surface area contributed by atoms with Crippen LogP contribution in [-0.2, 0) is 16.0 Å². The number of aliphatic hydroxyl groups excluding tert-OH is 1. The van der Waals surface area contributed by atoms with E-state index < -0.39 is 30.6 Å². The Morgan fingerprint density at radius 1 is 1.36 bits per heavy atom. The summed E-state index contributed by atoms with van der Waals surface area (Å²) < 4.78 is 46.3. The summed E-state index contributed by atoms with van der Waals surface area (Å²) in [7, 11) is 0. The van der Waals surface area contributed by atoms with E-state index in [1.807, 2.05) is 0 Å². The van der Waals surface area contributed by atoms with Crippen molar-refractivity contribution < 1.29 is 32.5 Å². The first-order valence-corrected chi connectivity index (χ1v) is 10.7. The maximum Gasteiger partial charge on any atom is 0.522 e. The van der Waals surface area contributed by atoms with Crippen molar-refractivity contribution in [3.05, 3.63) is 53.0 Å². The molecule has 2 aromatic rings. The topological polar surface area (TPSA) is 98.5 Å². The summed E-state index contributed by atoms with van der Waals surface area (Å²) in [6.45, 7) is 3.85. The summed E-state index contributed by atoms with van der Waals surface area (Å²) in [5.74, 6) is -0.0205. The van der Waals surface area contributed by atoms with Gasteiger partial charge in [-0.05, 0) is 43.9 Å². The molecule has 0 spiro atoms. The van der Waals surface area contributed by atoms with E-state index in [9.17, 15) is 23.1 Å². The molecule has 2 atom stereocenters. The first-order valence-electron chi connectivity index (χ1n) is 10.4. The van der Waals surface area contributed by atoms with Gasteiger partial charge in [0.1, 0.15) is 5.75 Å². The molecule has 1 aliphatic carbocycles. The number of hydrogen-bond acceptors (Lipinski definition) is 6. The standard InChI is InChI=1S/C21H22ClF3N4O4/c1-11(27-20(31)19-9-17(30)16-6-12(22)3-5-18(16)32-19)2-4-13-10-26-29(28-13)14-7-15(8-14)33-21(23,24)25/h3,5-6,10,14-15,17,19,30H,1-2,4,7-9H2,(H,27,31)/t14?,15?,17-,19-/m1/s1. The van der Waals surface area contributed by atoms with Gasteiger partial charge >= 0.3 is 6.36 Å². The van der Waals surface area contributed by atoms with Crippen LogP contribution in [-0.4, -0.2) is 44.6 Å². The van der Waals surface area contributed by atoms with E-state index in [0.717, 1.165) is 0 Å². The van der Waals surface area contributed by atoms with Gasteiger partial charge in [0.25, 0.3) is 5.91 Å². The zero-order chi connectivity index (χ0) is 23.8. The molecular formula is C21H22ClF3N4O4. The van der Waals surface area contributed by atoms with Crippen LogP contribution in [0.15, 0.2) is 36.7 Å². The Balaban J connectivity index is 1.23. The summed E-state index contributed by atoms with van der Waals surface area (Å²) in [4.78, 5) is 14.0. The Morgan fingerprint density at radius 3 is 2.85 bits per heavy atom. The zero-order valence-electron chi connectivity index (χ0n) is 17.4. The quantitative estimate of drug-likeness (QED) is 0.620. The van der Waals surface area contributed by atoms with Gasteiger partial charge in [-0.15, -0.1) is 13.2 Å². The molecule has 2 N–H and O–H groups in total. The van der Waals surface area contributed by atoms with Crippen LogP contribution in [0.4, 0.5) is 13.2 Å². The molecule has 1 aromatic carbocycles. The molecule has 2 heterocycles. The Morgan fingerprint density at radius 2 is 2.12 bits per heavy atom. The molecule has 178 valence electrons. The summed E-state index contributed by atoms with van der Waals surface area (Å²) in [6, 6.07) is 4.60. The van der Waals surface area contributed by atoms with E-state index in [-0.39, 0.29) is 25.3 Å². The Labute approximate surface area is 192 Å². The van der Waals surface area contributed by atoms with Crippen LogP contribution in [0.1, 0.15) is 49.1 Å². The molecule has 2 aliphatic rings. The Hall–Kier alpha value is -2.63. The summed E-state index contributed by atoms with van der Waals surface area (Å²) in [6.07, 6.45) is -4.43. The number of allylic oxidation sites excluding steroid dienone is 1. The van der Waals surface area contributed by atoms with Crippen molar-refractivity contribution in [3.63, 3.8) is 0 Å².